The van der Waals surface area contributed by atoms with E-state index in [1.54, 1.807) is 0 Å². The molecule has 0 aromatic heterocycles. The van der Waals surface area contributed by atoms with Gasteiger partial charge in [0.2, 0.25) is 0 Å². The number of hydrogen-bond donors (Lipinski definition) is 2. The van der Waals surface area contributed by atoms with Gasteiger partial charge in [-0.3, -0.25) is 9.80 Å². The Balaban J connectivity index is 0.00000280. The number of nitrogens with two attached hydrogens (primary N) is 1. The molecule has 1 atom stereocenters. The van der Waals surface area contributed by atoms with Crippen LogP contribution in [0.4, 0.5) is 0 Å². The van der Waals surface area contributed by atoms with Crippen molar-refractivity contribution in [2.45, 2.75) is 58.7 Å². The van der Waals surface area contributed by atoms with Gasteiger partial charge in [-0.05, 0) is 68.9 Å². The number of nitrogens with zero attached hydrogens (tertiary/aromatic N) is 3. The third-order valence-corrected chi connectivity index (χ3v) is 6.16. The fourth-order valence-corrected chi connectivity index (χ4v) is 4.23. The van der Waals surface area contributed by atoms with Crippen molar-refractivity contribution in [2.24, 2.45) is 16.6 Å². The third kappa shape index (κ3) is 7.19. The molecule has 0 radical (unpaired) electrons. The maximum atomic E-state index is 6.07. The Morgan fingerprint density at radius 3 is 2.46 bits per heavy atom. The van der Waals surface area contributed by atoms with E-state index in [2.05, 4.69) is 58.2 Å². The molecule has 2 aliphatic rings. The molecule has 0 spiro atoms. The Kier molecular flexibility index (Phi) is 10.0. The minimum absolute atomic E-state index is 0. The van der Waals surface area contributed by atoms with E-state index in [0.717, 1.165) is 25.6 Å². The summed E-state index contributed by atoms with van der Waals surface area (Å²) in [5.74, 6) is 1.45. The predicted octanol–water partition coefficient (Wildman–Crippen LogP) is 3.43. The molecule has 0 aliphatic carbocycles. The topological polar surface area (TPSA) is 56.9 Å². The molecule has 2 fully saturated rings. The SMILES string of the molecule is CCN1CCCC1CNC(N)=NCc1ccc(CN2CCC(C)CC2)cc1.I. The maximum absolute atomic E-state index is 6.07. The summed E-state index contributed by atoms with van der Waals surface area (Å²) in [6, 6.07) is 9.46. The minimum atomic E-state index is 0. The highest BCUT2D eigenvalue weighted by molar-refractivity contribution is 14.0. The highest BCUT2D eigenvalue weighted by Crippen LogP contribution is 2.18. The van der Waals surface area contributed by atoms with Crippen molar-refractivity contribution >= 4 is 29.9 Å². The molecule has 28 heavy (non-hydrogen) atoms. The first-order valence-corrected chi connectivity index (χ1v) is 10.7. The van der Waals surface area contributed by atoms with Crippen molar-refractivity contribution in [1.29, 1.82) is 0 Å². The summed E-state index contributed by atoms with van der Waals surface area (Å²) in [4.78, 5) is 9.60. The predicted molar refractivity (Wildman–Crippen MR) is 129 cm³/mol. The summed E-state index contributed by atoms with van der Waals surface area (Å²) in [6.07, 6.45) is 5.21. The fraction of sp³-hybridized carbons (Fsp3) is 0.682. The standard InChI is InChI=1S/C22H37N5.HI/c1-3-27-12-4-5-21(27)16-25-22(23)24-15-19-6-8-20(9-7-19)17-26-13-10-18(2)11-14-26;/h6-9,18,21H,3-5,10-17H2,1-2H3,(H3,23,24,25);1H. The van der Waals surface area contributed by atoms with Gasteiger partial charge >= 0.3 is 0 Å². The number of benzene rings is 1. The van der Waals surface area contributed by atoms with Gasteiger partial charge in [0.1, 0.15) is 0 Å². The first-order chi connectivity index (χ1) is 13.1. The van der Waals surface area contributed by atoms with E-state index in [9.17, 15) is 0 Å². The van der Waals surface area contributed by atoms with Crippen LogP contribution in [0.3, 0.4) is 0 Å². The van der Waals surface area contributed by atoms with Crippen LogP contribution in [0.15, 0.2) is 29.3 Å². The number of nitrogens with one attached hydrogen (secondary N) is 1. The molecule has 2 aliphatic heterocycles. The van der Waals surface area contributed by atoms with Gasteiger partial charge in [0.05, 0.1) is 6.54 Å². The Morgan fingerprint density at radius 1 is 1.11 bits per heavy atom. The molecule has 3 rings (SSSR count). The first-order valence-electron chi connectivity index (χ1n) is 10.7. The first kappa shape index (κ1) is 23.4. The van der Waals surface area contributed by atoms with Gasteiger partial charge in [0.25, 0.3) is 0 Å². The molecule has 2 heterocycles. The van der Waals surface area contributed by atoms with E-state index in [4.69, 9.17) is 5.73 Å². The van der Waals surface area contributed by atoms with Crippen molar-refractivity contribution in [1.82, 2.24) is 15.1 Å². The summed E-state index contributed by atoms with van der Waals surface area (Å²) in [5, 5.41) is 3.31. The van der Waals surface area contributed by atoms with E-state index >= 15 is 0 Å². The third-order valence-electron chi connectivity index (χ3n) is 6.16. The molecular weight excluding hydrogens is 461 g/mol. The van der Waals surface area contributed by atoms with Crippen molar-refractivity contribution in [3.8, 4) is 0 Å². The average Bonchev–Trinajstić information content (AvgIpc) is 3.15. The lowest BCUT2D eigenvalue weighted by molar-refractivity contribution is 0.185. The van der Waals surface area contributed by atoms with E-state index in [1.165, 1.54) is 56.4 Å². The smallest absolute Gasteiger partial charge is 0.188 e. The lowest BCUT2D eigenvalue weighted by Crippen LogP contribution is -2.42. The van der Waals surface area contributed by atoms with Crippen LogP contribution in [0.1, 0.15) is 50.7 Å². The van der Waals surface area contributed by atoms with Crippen LogP contribution in [-0.4, -0.2) is 54.5 Å². The van der Waals surface area contributed by atoms with Crippen molar-refractivity contribution in [2.75, 3.05) is 32.7 Å². The molecule has 158 valence electrons. The molecule has 1 unspecified atom stereocenters. The number of likely N-dealkylation sites (N-methyl/N-ethyl adjacent to an activating group) is 1. The number of hydrogen-bond acceptors (Lipinski definition) is 3. The van der Waals surface area contributed by atoms with Crippen LogP contribution in [0.25, 0.3) is 0 Å². The monoisotopic (exact) mass is 499 g/mol. The number of halogens is 1. The number of rotatable bonds is 7. The fourth-order valence-electron chi connectivity index (χ4n) is 4.23. The normalized spacial score (nSPS) is 22.2. The molecular formula is C22H38IN5. The molecule has 0 bridgehead atoms. The van der Waals surface area contributed by atoms with Gasteiger partial charge < -0.3 is 11.1 Å². The minimum Gasteiger partial charge on any atom is -0.370 e. The molecule has 1 aromatic carbocycles. The van der Waals surface area contributed by atoms with Crippen LogP contribution < -0.4 is 11.1 Å². The second kappa shape index (κ2) is 12.0. The van der Waals surface area contributed by atoms with E-state index in [-0.39, 0.29) is 24.0 Å². The number of guanidine groups is 1. The van der Waals surface area contributed by atoms with Crippen LogP contribution >= 0.6 is 24.0 Å². The van der Waals surface area contributed by atoms with Crippen molar-refractivity contribution < 1.29 is 0 Å². The Labute approximate surface area is 188 Å². The summed E-state index contributed by atoms with van der Waals surface area (Å²) in [6.45, 7) is 12.0. The molecule has 1 aromatic rings. The molecule has 0 saturated carbocycles. The largest absolute Gasteiger partial charge is 0.370 e. The highest BCUT2D eigenvalue weighted by atomic mass is 127. The second-order valence-electron chi connectivity index (χ2n) is 8.28. The molecule has 3 N–H and O–H groups in total. The molecule has 0 amide bonds. The Bertz CT molecular complexity index is 595. The lowest BCUT2D eigenvalue weighted by atomic mass is 9.99. The maximum Gasteiger partial charge on any atom is 0.188 e. The van der Waals surface area contributed by atoms with Crippen molar-refractivity contribution in [3.63, 3.8) is 0 Å². The quantitative estimate of drug-likeness (QED) is 0.343. The van der Waals surface area contributed by atoms with E-state index < -0.39 is 0 Å². The number of likely N-dealkylation sites (tertiary alicyclic amines) is 2. The van der Waals surface area contributed by atoms with Gasteiger partial charge in [-0.15, -0.1) is 24.0 Å². The average molecular weight is 499 g/mol. The number of piperidine rings is 1. The lowest BCUT2D eigenvalue weighted by Gasteiger charge is -2.30. The van der Waals surface area contributed by atoms with Crippen molar-refractivity contribution in [3.05, 3.63) is 35.4 Å². The zero-order valence-corrected chi connectivity index (χ0v) is 19.9. The van der Waals surface area contributed by atoms with E-state index in [1.807, 2.05) is 0 Å². The van der Waals surface area contributed by atoms with Gasteiger partial charge in [0.15, 0.2) is 5.96 Å². The zero-order chi connectivity index (χ0) is 19.1. The van der Waals surface area contributed by atoms with Gasteiger partial charge in [-0.2, -0.15) is 0 Å². The van der Waals surface area contributed by atoms with Gasteiger partial charge in [0, 0.05) is 19.1 Å². The molecule has 6 heteroatoms. The van der Waals surface area contributed by atoms with Crippen LogP contribution in [0.2, 0.25) is 0 Å². The number of aliphatic imine (C=N–C) groups is 1. The summed E-state index contributed by atoms with van der Waals surface area (Å²) >= 11 is 0. The van der Waals surface area contributed by atoms with Gasteiger partial charge in [-0.25, -0.2) is 4.99 Å². The highest BCUT2D eigenvalue weighted by Gasteiger charge is 2.22. The Hall–Kier alpha value is -0.860. The second-order valence-corrected chi connectivity index (χ2v) is 8.28. The van der Waals surface area contributed by atoms with Crippen LogP contribution in [-0.2, 0) is 13.1 Å². The van der Waals surface area contributed by atoms with Gasteiger partial charge in [-0.1, -0.05) is 38.1 Å². The summed E-state index contributed by atoms with van der Waals surface area (Å²) in [5.41, 5.74) is 8.67. The van der Waals surface area contributed by atoms with E-state index in [0.29, 0.717) is 18.5 Å². The summed E-state index contributed by atoms with van der Waals surface area (Å²) in [7, 11) is 0. The summed E-state index contributed by atoms with van der Waals surface area (Å²) < 4.78 is 0. The van der Waals surface area contributed by atoms with Crippen LogP contribution in [0.5, 0.6) is 0 Å². The molecule has 2 saturated heterocycles. The Morgan fingerprint density at radius 2 is 1.79 bits per heavy atom. The van der Waals surface area contributed by atoms with Crippen LogP contribution in [0, 0.1) is 5.92 Å². The zero-order valence-electron chi connectivity index (χ0n) is 17.6. The molecule has 5 nitrogen and oxygen atoms in total.